The van der Waals surface area contributed by atoms with E-state index < -0.39 is 0 Å². The maximum atomic E-state index is 12.0. The first kappa shape index (κ1) is 16.3. The summed E-state index contributed by atoms with van der Waals surface area (Å²) in [7, 11) is 1.59. The Hall–Kier alpha value is -2.08. The number of anilines is 1. The summed E-state index contributed by atoms with van der Waals surface area (Å²) in [5, 5.41) is 2.80. The number of ether oxygens (including phenoxy) is 2. The Morgan fingerprint density at radius 1 is 1.45 bits per heavy atom. The van der Waals surface area contributed by atoms with Crippen LogP contribution in [-0.2, 0) is 9.53 Å². The molecule has 1 N–H and O–H groups in total. The smallest absolute Gasteiger partial charge is 0.239 e. The first-order valence-corrected chi connectivity index (χ1v) is 7.33. The van der Waals surface area contributed by atoms with Crippen LogP contribution in [0.5, 0.6) is 5.75 Å². The largest absolute Gasteiger partial charge is 0.487 e. The molecular weight excluding hydrogens is 284 g/mol. The number of nitrogens with zero attached hydrogens (tertiary/aromatic N) is 1. The lowest BCUT2D eigenvalue weighted by Gasteiger charge is -2.34. The van der Waals surface area contributed by atoms with Crippen LogP contribution >= 0.6 is 0 Å². The van der Waals surface area contributed by atoms with Crippen LogP contribution in [0.1, 0.15) is 24.2 Å². The molecule has 1 heterocycles. The summed E-state index contributed by atoms with van der Waals surface area (Å²) in [6.45, 7) is 5.28. The van der Waals surface area contributed by atoms with Gasteiger partial charge >= 0.3 is 0 Å². The molecule has 1 aliphatic rings. The summed E-state index contributed by atoms with van der Waals surface area (Å²) in [4.78, 5) is 25.5. The van der Waals surface area contributed by atoms with Gasteiger partial charge < -0.3 is 19.7 Å². The van der Waals surface area contributed by atoms with Gasteiger partial charge in [0.15, 0.2) is 5.78 Å². The Morgan fingerprint density at radius 2 is 2.23 bits per heavy atom. The quantitative estimate of drug-likeness (QED) is 0.632. The number of amides is 1. The van der Waals surface area contributed by atoms with Crippen molar-refractivity contribution in [1.82, 2.24) is 5.32 Å². The number of benzene rings is 1. The van der Waals surface area contributed by atoms with E-state index in [1.54, 1.807) is 25.3 Å². The molecule has 1 atom stereocenters. The van der Waals surface area contributed by atoms with Crippen molar-refractivity contribution in [2.75, 3.05) is 38.3 Å². The second-order valence-electron chi connectivity index (χ2n) is 5.39. The van der Waals surface area contributed by atoms with E-state index in [9.17, 15) is 9.59 Å². The van der Waals surface area contributed by atoms with Crippen molar-refractivity contribution in [2.45, 2.75) is 20.0 Å². The molecule has 6 nitrogen and oxygen atoms in total. The third-order valence-electron chi connectivity index (χ3n) is 3.47. The zero-order valence-corrected chi connectivity index (χ0v) is 13.2. The number of ketones is 1. The van der Waals surface area contributed by atoms with Gasteiger partial charge in [0.1, 0.15) is 11.9 Å². The van der Waals surface area contributed by atoms with E-state index in [4.69, 9.17) is 9.47 Å². The first-order chi connectivity index (χ1) is 10.5. The molecule has 0 aromatic heterocycles. The number of hydrogen-bond acceptors (Lipinski definition) is 5. The standard InChI is InChI=1S/C16H22N2O4/c1-11-9-18(10-16(20)17-6-7-21-3)14-8-13(12(2)19)4-5-15(14)22-11/h4-5,8,11H,6-7,9-10H2,1-3H3,(H,17,20). The average Bonchev–Trinajstić information content (AvgIpc) is 2.46. The minimum atomic E-state index is -0.0784. The molecule has 1 aromatic rings. The van der Waals surface area contributed by atoms with Gasteiger partial charge in [-0.3, -0.25) is 9.59 Å². The molecule has 0 fully saturated rings. The molecule has 120 valence electrons. The van der Waals surface area contributed by atoms with Crippen LogP contribution in [0.3, 0.4) is 0 Å². The van der Waals surface area contributed by atoms with Crippen LogP contribution in [0, 0.1) is 0 Å². The zero-order chi connectivity index (χ0) is 16.1. The van der Waals surface area contributed by atoms with Gasteiger partial charge in [-0.05, 0) is 32.0 Å². The number of rotatable bonds is 6. The number of Topliss-reactive ketones (excluding diaryl/α,β-unsaturated/α-hetero) is 1. The second kappa shape index (κ2) is 7.26. The lowest BCUT2D eigenvalue weighted by atomic mass is 10.1. The normalized spacial score (nSPS) is 16.7. The van der Waals surface area contributed by atoms with Gasteiger partial charge in [0.25, 0.3) is 0 Å². The van der Waals surface area contributed by atoms with Crippen molar-refractivity contribution >= 4 is 17.4 Å². The van der Waals surface area contributed by atoms with Crippen molar-refractivity contribution in [3.8, 4) is 5.75 Å². The van der Waals surface area contributed by atoms with E-state index in [-0.39, 0.29) is 24.3 Å². The molecule has 0 aliphatic carbocycles. The highest BCUT2D eigenvalue weighted by molar-refractivity contribution is 5.96. The molecule has 0 spiro atoms. The van der Waals surface area contributed by atoms with Crippen molar-refractivity contribution in [1.29, 1.82) is 0 Å². The number of nitrogens with one attached hydrogen (secondary N) is 1. The summed E-state index contributed by atoms with van der Waals surface area (Å²) in [6.07, 6.45) is -0.0116. The van der Waals surface area contributed by atoms with Gasteiger partial charge in [-0.25, -0.2) is 0 Å². The minimum absolute atomic E-state index is 0.00841. The van der Waals surface area contributed by atoms with E-state index in [1.165, 1.54) is 6.92 Å². The monoisotopic (exact) mass is 306 g/mol. The van der Waals surface area contributed by atoms with Crippen molar-refractivity contribution in [3.63, 3.8) is 0 Å². The number of hydrogen-bond donors (Lipinski definition) is 1. The zero-order valence-electron chi connectivity index (χ0n) is 13.2. The lowest BCUT2D eigenvalue weighted by Crippen LogP contribution is -2.44. The molecule has 22 heavy (non-hydrogen) atoms. The summed E-state index contributed by atoms with van der Waals surface area (Å²) in [6, 6.07) is 5.32. The van der Waals surface area contributed by atoms with E-state index in [0.717, 1.165) is 5.69 Å². The second-order valence-corrected chi connectivity index (χ2v) is 5.39. The van der Waals surface area contributed by atoms with E-state index in [0.29, 0.717) is 31.0 Å². The molecule has 1 aliphatic heterocycles. The van der Waals surface area contributed by atoms with Gasteiger partial charge in [-0.2, -0.15) is 0 Å². The summed E-state index contributed by atoms with van der Waals surface area (Å²) < 4.78 is 10.7. The van der Waals surface area contributed by atoms with Gasteiger partial charge in [0.2, 0.25) is 5.91 Å². The van der Waals surface area contributed by atoms with E-state index >= 15 is 0 Å². The summed E-state index contributed by atoms with van der Waals surface area (Å²) in [5.74, 6) is 0.615. The first-order valence-electron chi connectivity index (χ1n) is 7.33. The molecule has 0 bridgehead atoms. The number of fused-ring (bicyclic) bond motifs is 1. The van der Waals surface area contributed by atoms with Crippen molar-refractivity contribution in [3.05, 3.63) is 23.8 Å². The molecular formula is C16H22N2O4. The summed E-state index contributed by atoms with van der Waals surface area (Å²) in [5.41, 5.74) is 1.40. The van der Waals surface area contributed by atoms with Gasteiger partial charge in [-0.1, -0.05) is 0 Å². The fourth-order valence-electron chi connectivity index (χ4n) is 2.42. The highest BCUT2D eigenvalue weighted by Crippen LogP contribution is 2.34. The Labute approximate surface area is 130 Å². The lowest BCUT2D eigenvalue weighted by molar-refractivity contribution is -0.120. The van der Waals surface area contributed by atoms with Crippen LogP contribution in [0.25, 0.3) is 0 Å². The number of carbonyl (C=O) groups excluding carboxylic acids is 2. The van der Waals surface area contributed by atoms with Crippen LogP contribution in [0.15, 0.2) is 18.2 Å². The molecule has 1 aromatic carbocycles. The molecule has 0 radical (unpaired) electrons. The molecule has 1 unspecified atom stereocenters. The molecule has 6 heteroatoms. The predicted molar refractivity (Wildman–Crippen MR) is 83.6 cm³/mol. The van der Waals surface area contributed by atoms with Crippen LogP contribution in [0.2, 0.25) is 0 Å². The van der Waals surface area contributed by atoms with Crippen LogP contribution in [-0.4, -0.2) is 51.1 Å². The van der Waals surface area contributed by atoms with Crippen molar-refractivity contribution < 1.29 is 19.1 Å². The van der Waals surface area contributed by atoms with E-state index in [2.05, 4.69) is 5.32 Å². The molecule has 0 saturated heterocycles. The van der Waals surface area contributed by atoms with Gasteiger partial charge in [-0.15, -0.1) is 0 Å². The Balaban J connectivity index is 2.14. The third kappa shape index (κ3) is 3.98. The maximum Gasteiger partial charge on any atom is 0.239 e. The molecule has 1 amide bonds. The molecule has 2 rings (SSSR count). The Bertz CT molecular complexity index is 559. The average molecular weight is 306 g/mol. The van der Waals surface area contributed by atoms with Crippen molar-refractivity contribution in [2.24, 2.45) is 0 Å². The minimum Gasteiger partial charge on any atom is -0.487 e. The fourth-order valence-corrected chi connectivity index (χ4v) is 2.42. The Morgan fingerprint density at radius 3 is 2.91 bits per heavy atom. The topological polar surface area (TPSA) is 67.9 Å². The number of carbonyl (C=O) groups is 2. The highest BCUT2D eigenvalue weighted by atomic mass is 16.5. The Kier molecular flexibility index (Phi) is 5.38. The van der Waals surface area contributed by atoms with Crippen LogP contribution in [0.4, 0.5) is 5.69 Å². The van der Waals surface area contributed by atoms with Gasteiger partial charge in [0, 0.05) is 19.2 Å². The van der Waals surface area contributed by atoms with Crippen LogP contribution < -0.4 is 15.0 Å². The maximum absolute atomic E-state index is 12.0. The predicted octanol–water partition coefficient (Wildman–Crippen LogP) is 1.24. The highest BCUT2D eigenvalue weighted by Gasteiger charge is 2.25. The SMILES string of the molecule is COCCNC(=O)CN1CC(C)Oc2ccc(C(C)=O)cc21. The number of methoxy groups -OCH3 is 1. The summed E-state index contributed by atoms with van der Waals surface area (Å²) >= 11 is 0. The van der Waals surface area contributed by atoms with Gasteiger partial charge in [0.05, 0.1) is 25.4 Å². The van der Waals surface area contributed by atoms with E-state index in [1.807, 2.05) is 11.8 Å². The fraction of sp³-hybridized carbons (Fsp3) is 0.500. The third-order valence-corrected chi connectivity index (χ3v) is 3.47. The molecule has 0 saturated carbocycles.